The first-order valence-electron chi connectivity index (χ1n) is 5.22. The van der Waals surface area contributed by atoms with Gasteiger partial charge < -0.3 is 15.2 Å². The summed E-state index contributed by atoms with van der Waals surface area (Å²) in [4.78, 5) is 21.6. The molecule has 1 saturated heterocycles. The zero-order valence-electron chi connectivity index (χ0n) is 8.86. The van der Waals surface area contributed by atoms with Gasteiger partial charge in [-0.1, -0.05) is 0 Å². The molecule has 86 valence electrons. The van der Waals surface area contributed by atoms with Gasteiger partial charge in [0.25, 0.3) is 0 Å². The summed E-state index contributed by atoms with van der Waals surface area (Å²) in [5.41, 5.74) is 0. The van der Waals surface area contributed by atoms with E-state index in [1.165, 1.54) is 0 Å². The Morgan fingerprint density at radius 3 is 2.73 bits per heavy atom. The van der Waals surface area contributed by atoms with Crippen LogP contribution in [-0.2, 0) is 14.3 Å². The molecule has 1 aliphatic heterocycles. The molecule has 15 heavy (non-hydrogen) atoms. The van der Waals surface area contributed by atoms with Gasteiger partial charge in [-0.15, -0.1) is 0 Å². The van der Waals surface area contributed by atoms with Gasteiger partial charge in [0.2, 0.25) is 5.91 Å². The van der Waals surface area contributed by atoms with Gasteiger partial charge in [-0.05, 0) is 19.8 Å². The molecule has 0 aromatic heterocycles. The van der Waals surface area contributed by atoms with Crippen LogP contribution in [0.5, 0.6) is 0 Å². The van der Waals surface area contributed by atoms with Crippen molar-refractivity contribution in [3.05, 3.63) is 0 Å². The van der Waals surface area contributed by atoms with Crippen molar-refractivity contribution in [1.29, 1.82) is 0 Å². The van der Waals surface area contributed by atoms with E-state index in [0.29, 0.717) is 13.0 Å². The molecule has 0 aliphatic carbocycles. The lowest BCUT2D eigenvalue weighted by atomic mass is 10.1. The highest BCUT2D eigenvalue weighted by atomic mass is 16.5. The summed E-state index contributed by atoms with van der Waals surface area (Å²) in [6, 6.07) is 0.0855. The van der Waals surface area contributed by atoms with Crippen LogP contribution in [0, 0.1) is 0 Å². The van der Waals surface area contributed by atoms with Crippen molar-refractivity contribution in [1.82, 2.24) is 5.32 Å². The molecule has 1 fully saturated rings. The number of aliphatic carboxylic acids is 1. The van der Waals surface area contributed by atoms with Crippen LogP contribution in [0.3, 0.4) is 0 Å². The van der Waals surface area contributed by atoms with Crippen molar-refractivity contribution < 1.29 is 19.4 Å². The fraction of sp³-hybridized carbons (Fsp3) is 0.800. The zero-order chi connectivity index (χ0) is 11.3. The summed E-state index contributed by atoms with van der Waals surface area (Å²) >= 11 is 0. The minimum atomic E-state index is -0.861. The predicted octanol–water partition coefficient (Wildman–Crippen LogP) is 0.535. The average Bonchev–Trinajstić information content (AvgIpc) is 2.51. The number of carbonyl (C=O) groups is 2. The monoisotopic (exact) mass is 215 g/mol. The van der Waals surface area contributed by atoms with Gasteiger partial charge in [-0.25, -0.2) is 0 Å². The van der Waals surface area contributed by atoms with Crippen LogP contribution in [-0.4, -0.2) is 35.7 Å². The van der Waals surface area contributed by atoms with Gasteiger partial charge in [-0.3, -0.25) is 9.59 Å². The first-order valence-corrected chi connectivity index (χ1v) is 5.22. The van der Waals surface area contributed by atoms with Gasteiger partial charge in [0.05, 0.1) is 12.1 Å². The molecule has 1 rings (SSSR count). The summed E-state index contributed by atoms with van der Waals surface area (Å²) in [6.45, 7) is 2.61. The van der Waals surface area contributed by atoms with E-state index in [2.05, 4.69) is 5.32 Å². The molecule has 1 aliphatic rings. The molecule has 0 aromatic rings. The number of carboxylic acid groups (broad SMARTS) is 1. The summed E-state index contributed by atoms with van der Waals surface area (Å²) in [7, 11) is 0. The molecule has 2 unspecified atom stereocenters. The molecule has 1 amide bonds. The molecule has 0 aromatic carbocycles. The van der Waals surface area contributed by atoms with Crippen LogP contribution < -0.4 is 5.32 Å². The van der Waals surface area contributed by atoms with Crippen molar-refractivity contribution >= 4 is 11.9 Å². The standard InChI is InChI=1S/C10H17NO4/c1-7-8(5-6-15-7)11-9(12)3-2-4-10(13)14/h7-8H,2-6H2,1H3,(H,11,12)(H,13,14). The SMILES string of the molecule is CC1OCCC1NC(=O)CCCC(=O)O. The normalized spacial score (nSPS) is 25.1. The molecule has 0 spiro atoms. The fourth-order valence-corrected chi connectivity index (χ4v) is 1.60. The lowest BCUT2D eigenvalue weighted by molar-refractivity contribution is -0.137. The Morgan fingerprint density at radius 1 is 1.47 bits per heavy atom. The maximum absolute atomic E-state index is 11.4. The molecule has 0 bridgehead atoms. The summed E-state index contributed by atoms with van der Waals surface area (Å²) in [5, 5.41) is 11.2. The molecule has 1 heterocycles. The predicted molar refractivity (Wildman–Crippen MR) is 53.4 cm³/mol. The smallest absolute Gasteiger partial charge is 0.303 e. The third kappa shape index (κ3) is 4.29. The lowest BCUT2D eigenvalue weighted by Crippen LogP contribution is -2.39. The van der Waals surface area contributed by atoms with Crippen molar-refractivity contribution in [2.45, 2.75) is 44.8 Å². The van der Waals surface area contributed by atoms with Gasteiger partial charge >= 0.3 is 5.97 Å². The van der Waals surface area contributed by atoms with Crippen LogP contribution in [0.25, 0.3) is 0 Å². The number of ether oxygens (including phenoxy) is 1. The van der Waals surface area contributed by atoms with Crippen LogP contribution in [0.2, 0.25) is 0 Å². The van der Waals surface area contributed by atoms with E-state index >= 15 is 0 Å². The average molecular weight is 215 g/mol. The quantitative estimate of drug-likeness (QED) is 0.701. The number of amides is 1. The van der Waals surface area contributed by atoms with Crippen molar-refractivity contribution in [3.63, 3.8) is 0 Å². The number of carbonyl (C=O) groups excluding carboxylic acids is 1. The Balaban J connectivity index is 2.15. The topological polar surface area (TPSA) is 75.6 Å². The van der Waals surface area contributed by atoms with Crippen molar-refractivity contribution in [2.75, 3.05) is 6.61 Å². The second-order valence-corrected chi connectivity index (χ2v) is 3.79. The Bertz CT molecular complexity index is 242. The maximum Gasteiger partial charge on any atom is 0.303 e. The van der Waals surface area contributed by atoms with E-state index in [0.717, 1.165) is 6.42 Å². The Labute approximate surface area is 88.8 Å². The largest absolute Gasteiger partial charge is 0.481 e. The Hall–Kier alpha value is -1.10. The third-order valence-corrected chi connectivity index (χ3v) is 2.52. The van der Waals surface area contributed by atoms with E-state index in [-0.39, 0.29) is 30.9 Å². The number of rotatable bonds is 5. The van der Waals surface area contributed by atoms with Gasteiger partial charge in [0.1, 0.15) is 0 Å². The number of hydrogen-bond acceptors (Lipinski definition) is 3. The molecular formula is C10H17NO4. The molecule has 0 saturated carbocycles. The van der Waals surface area contributed by atoms with E-state index in [1.807, 2.05) is 6.92 Å². The van der Waals surface area contributed by atoms with Gasteiger partial charge in [-0.2, -0.15) is 0 Å². The molecular weight excluding hydrogens is 198 g/mol. The molecule has 5 nitrogen and oxygen atoms in total. The minimum absolute atomic E-state index is 0.0458. The number of hydrogen-bond donors (Lipinski definition) is 2. The highest BCUT2D eigenvalue weighted by Crippen LogP contribution is 2.12. The van der Waals surface area contributed by atoms with Crippen LogP contribution in [0.1, 0.15) is 32.6 Å². The second-order valence-electron chi connectivity index (χ2n) is 3.79. The van der Waals surface area contributed by atoms with Gasteiger partial charge in [0.15, 0.2) is 0 Å². The third-order valence-electron chi connectivity index (χ3n) is 2.52. The zero-order valence-corrected chi connectivity index (χ0v) is 8.86. The van der Waals surface area contributed by atoms with Crippen molar-refractivity contribution in [2.24, 2.45) is 0 Å². The molecule has 2 atom stereocenters. The highest BCUT2D eigenvalue weighted by Gasteiger charge is 2.25. The van der Waals surface area contributed by atoms with Gasteiger partial charge in [0, 0.05) is 19.4 Å². The Kier molecular flexibility index (Phi) is 4.55. The number of nitrogens with one attached hydrogen (secondary N) is 1. The first-order chi connectivity index (χ1) is 7.09. The van der Waals surface area contributed by atoms with Crippen LogP contribution in [0.4, 0.5) is 0 Å². The molecule has 2 N–H and O–H groups in total. The fourth-order valence-electron chi connectivity index (χ4n) is 1.60. The minimum Gasteiger partial charge on any atom is -0.481 e. The summed E-state index contributed by atoms with van der Waals surface area (Å²) in [6.07, 6.45) is 1.61. The molecule has 5 heteroatoms. The van der Waals surface area contributed by atoms with E-state index in [9.17, 15) is 9.59 Å². The van der Waals surface area contributed by atoms with Crippen LogP contribution >= 0.6 is 0 Å². The summed E-state index contributed by atoms with van der Waals surface area (Å²) < 4.78 is 5.30. The maximum atomic E-state index is 11.4. The summed E-state index contributed by atoms with van der Waals surface area (Å²) in [5.74, 6) is -0.945. The van der Waals surface area contributed by atoms with E-state index in [1.54, 1.807) is 0 Å². The highest BCUT2D eigenvalue weighted by molar-refractivity contribution is 5.77. The van der Waals surface area contributed by atoms with Crippen molar-refractivity contribution in [3.8, 4) is 0 Å². The second kappa shape index (κ2) is 5.70. The lowest BCUT2D eigenvalue weighted by Gasteiger charge is -2.15. The van der Waals surface area contributed by atoms with E-state index < -0.39 is 5.97 Å². The Morgan fingerprint density at radius 2 is 2.20 bits per heavy atom. The van der Waals surface area contributed by atoms with E-state index in [4.69, 9.17) is 9.84 Å². The van der Waals surface area contributed by atoms with Crippen LogP contribution in [0.15, 0.2) is 0 Å². The first kappa shape index (κ1) is 12.0. The molecule has 0 radical (unpaired) electrons. The number of carboxylic acids is 1.